The van der Waals surface area contributed by atoms with E-state index in [1.807, 2.05) is 19.2 Å². The number of benzene rings is 1. The fraction of sp³-hybridized carbons (Fsp3) is 0.500. The molecule has 0 N–H and O–H groups in total. The molecule has 1 aliphatic rings. The van der Waals surface area contributed by atoms with E-state index in [1.165, 1.54) is 18.4 Å². The summed E-state index contributed by atoms with van der Waals surface area (Å²) in [7, 11) is 1.85. The van der Waals surface area contributed by atoms with Crippen molar-refractivity contribution in [3.63, 3.8) is 0 Å². The molecule has 1 aromatic carbocycles. The van der Waals surface area contributed by atoms with Gasteiger partial charge in [-0.05, 0) is 56.3 Å². The largest absolute Gasteiger partial charge is 0.448 e. The smallest absolute Gasteiger partial charge is 0.275 e. The molecule has 3 rings (SSSR count). The minimum Gasteiger partial charge on any atom is -0.448 e. The molecule has 1 saturated heterocycles. The molecule has 140 valence electrons. The van der Waals surface area contributed by atoms with Gasteiger partial charge in [-0.25, -0.2) is 4.98 Å². The van der Waals surface area contributed by atoms with Crippen LogP contribution in [0.2, 0.25) is 5.02 Å². The number of oxazole rings is 1. The maximum atomic E-state index is 12.5. The monoisotopic (exact) mass is 375 g/mol. The first-order valence-corrected chi connectivity index (χ1v) is 9.53. The first-order chi connectivity index (χ1) is 12.5. The summed E-state index contributed by atoms with van der Waals surface area (Å²) in [6, 6.07) is 8.08. The van der Waals surface area contributed by atoms with E-state index in [9.17, 15) is 4.79 Å². The Kier molecular flexibility index (Phi) is 6.33. The molecule has 26 heavy (non-hydrogen) atoms. The van der Waals surface area contributed by atoms with E-state index in [1.54, 1.807) is 11.8 Å². The van der Waals surface area contributed by atoms with Crippen LogP contribution in [0.1, 0.15) is 34.7 Å². The lowest BCUT2D eigenvalue weighted by molar-refractivity contribution is 0.0723. The minimum absolute atomic E-state index is 0.0606. The third-order valence-electron chi connectivity index (χ3n) is 5.06. The van der Waals surface area contributed by atoms with Crippen LogP contribution in [0.4, 0.5) is 0 Å². The van der Waals surface area contributed by atoms with Crippen molar-refractivity contribution in [1.82, 2.24) is 14.8 Å². The topological polar surface area (TPSA) is 49.6 Å². The molecular weight excluding hydrogens is 350 g/mol. The molecule has 0 bridgehead atoms. The van der Waals surface area contributed by atoms with Crippen molar-refractivity contribution >= 4 is 17.5 Å². The number of rotatable bonds is 6. The van der Waals surface area contributed by atoms with Crippen LogP contribution < -0.4 is 0 Å². The molecule has 1 amide bonds. The summed E-state index contributed by atoms with van der Waals surface area (Å²) in [5.41, 5.74) is 1.73. The summed E-state index contributed by atoms with van der Waals surface area (Å²) in [4.78, 5) is 20.8. The lowest BCUT2D eigenvalue weighted by Crippen LogP contribution is -2.42. The van der Waals surface area contributed by atoms with Crippen LogP contribution in [0.3, 0.4) is 0 Å². The average Bonchev–Trinajstić information content (AvgIpc) is 3.07. The molecule has 1 aliphatic heterocycles. The quantitative estimate of drug-likeness (QED) is 0.773. The van der Waals surface area contributed by atoms with Crippen molar-refractivity contribution in [2.45, 2.75) is 26.2 Å². The van der Waals surface area contributed by atoms with Gasteiger partial charge in [0.05, 0.1) is 0 Å². The summed E-state index contributed by atoms with van der Waals surface area (Å²) in [5.74, 6) is 1.01. The zero-order valence-electron chi connectivity index (χ0n) is 15.4. The normalized spacial score (nSPS) is 18.0. The van der Waals surface area contributed by atoms with Gasteiger partial charge in [-0.3, -0.25) is 4.79 Å². The van der Waals surface area contributed by atoms with Crippen LogP contribution >= 0.6 is 11.6 Å². The summed E-state index contributed by atoms with van der Waals surface area (Å²) >= 11 is 5.95. The minimum atomic E-state index is -0.0606. The van der Waals surface area contributed by atoms with Gasteiger partial charge in [0.25, 0.3) is 5.91 Å². The van der Waals surface area contributed by atoms with Crippen LogP contribution in [-0.2, 0) is 6.42 Å². The predicted octanol–water partition coefficient (Wildman–Crippen LogP) is 3.66. The Hall–Kier alpha value is -1.85. The van der Waals surface area contributed by atoms with Crippen LogP contribution in [0, 0.1) is 12.8 Å². The molecule has 6 heteroatoms. The lowest BCUT2D eigenvalue weighted by Gasteiger charge is -2.34. The number of amides is 1. The Bertz CT molecular complexity index is 729. The highest BCUT2D eigenvalue weighted by molar-refractivity contribution is 6.30. The van der Waals surface area contributed by atoms with Crippen LogP contribution in [0.15, 0.2) is 35.1 Å². The highest BCUT2D eigenvalue weighted by atomic mass is 35.5. The molecule has 0 saturated carbocycles. The maximum Gasteiger partial charge on any atom is 0.275 e. The van der Waals surface area contributed by atoms with Gasteiger partial charge in [0, 0.05) is 31.7 Å². The Morgan fingerprint density at radius 3 is 2.85 bits per heavy atom. The Labute approximate surface area is 159 Å². The first-order valence-electron chi connectivity index (χ1n) is 9.15. The molecule has 0 unspecified atom stereocenters. The van der Waals surface area contributed by atoms with Crippen molar-refractivity contribution in [2.75, 3.05) is 33.2 Å². The summed E-state index contributed by atoms with van der Waals surface area (Å²) in [6.07, 6.45) is 4.69. The Balaban J connectivity index is 1.49. The molecule has 1 atom stereocenters. The molecule has 5 nitrogen and oxygen atoms in total. The fourth-order valence-corrected chi connectivity index (χ4v) is 3.73. The fourth-order valence-electron chi connectivity index (χ4n) is 3.60. The number of aryl methyl sites for hydroxylation is 1. The van der Waals surface area contributed by atoms with Gasteiger partial charge in [0.2, 0.25) is 0 Å². The van der Waals surface area contributed by atoms with Crippen molar-refractivity contribution in [1.29, 1.82) is 0 Å². The summed E-state index contributed by atoms with van der Waals surface area (Å²) in [6.45, 7) is 5.72. The Morgan fingerprint density at radius 1 is 1.38 bits per heavy atom. The zero-order chi connectivity index (χ0) is 18.5. The number of hydrogen-bond acceptors (Lipinski definition) is 4. The SMILES string of the molecule is Cc1ocnc1C(=O)N(C)C[C@H]1CCCN(CCc2ccc(Cl)cc2)C1. The summed E-state index contributed by atoms with van der Waals surface area (Å²) < 4.78 is 5.15. The number of carbonyl (C=O) groups is 1. The number of nitrogens with zero attached hydrogens (tertiary/aromatic N) is 3. The molecule has 1 fully saturated rings. The van der Waals surface area contributed by atoms with Crippen molar-refractivity contribution in [2.24, 2.45) is 5.92 Å². The number of halogens is 1. The standard InChI is InChI=1S/C20H26ClN3O2/c1-15-19(22-14-26-15)20(25)23(2)12-17-4-3-10-24(13-17)11-9-16-5-7-18(21)8-6-16/h5-8,14,17H,3-4,9-13H2,1-2H3/t17-/m1/s1. The second kappa shape index (κ2) is 8.69. The molecule has 2 heterocycles. The van der Waals surface area contributed by atoms with E-state index in [2.05, 4.69) is 22.0 Å². The second-order valence-electron chi connectivity index (χ2n) is 7.13. The number of likely N-dealkylation sites (tertiary alicyclic amines) is 1. The average molecular weight is 376 g/mol. The van der Waals surface area contributed by atoms with Gasteiger partial charge in [-0.2, -0.15) is 0 Å². The van der Waals surface area contributed by atoms with Crippen molar-refractivity contribution < 1.29 is 9.21 Å². The molecule has 0 spiro atoms. The van der Waals surface area contributed by atoms with Gasteiger partial charge in [0.1, 0.15) is 5.76 Å². The molecular formula is C20H26ClN3O2. The maximum absolute atomic E-state index is 12.5. The van der Waals surface area contributed by atoms with Gasteiger partial charge in [0.15, 0.2) is 12.1 Å². The van der Waals surface area contributed by atoms with Gasteiger partial charge in [-0.1, -0.05) is 23.7 Å². The summed E-state index contributed by atoms with van der Waals surface area (Å²) in [5, 5.41) is 0.779. The highest BCUT2D eigenvalue weighted by Crippen LogP contribution is 2.19. The molecule has 2 aromatic rings. The van der Waals surface area contributed by atoms with E-state index in [0.717, 1.165) is 44.0 Å². The van der Waals surface area contributed by atoms with Gasteiger partial charge in [-0.15, -0.1) is 0 Å². The van der Waals surface area contributed by atoms with Crippen LogP contribution in [-0.4, -0.2) is 53.9 Å². The van der Waals surface area contributed by atoms with Gasteiger partial charge >= 0.3 is 0 Å². The Morgan fingerprint density at radius 2 is 2.15 bits per heavy atom. The van der Waals surface area contributed by atoms with Crippen LogP contribution in [0.5, 0.6) is 0 Å². The predicted molar refractivity (Wildman–Crippen MR) is 103 cm³/mol. The van der Waals surface area contributed by atoms with Crippen molar-refractivity contribution in [3.8, 4) is 0 Å². The second-order valence-corrected chi connectivity index (χ2v) is 7.56. The van der Waals surface area contributed by atoms with Crippen molar-refractivity contribution in [3.05, 3.63) is 52.7 Å². The highest BCUT2D eigenvalue weighted by Gasteiger charge is 2.24. The number of carbonyl (C=O) groups excluding carboxylic acids is 1. The number of piperidine rings is 1. The number of aromatic nitrogens is 1. The van der Waals surface area contributed by atoms with E-state index >= 15 is 0 Å². The van der Waals surface area contributed by atoms with E-state index < -0.39 is 0 Å². The zero-order valence-corrected chi connectivity index (χ0v) is 16.2. The molecule has 0 radical (unpaired) electrons. The number of hydrogen-bond donors (Lipinski definition) is 0. The molecule has 0 aliphatic carbocycles. The third-order valence-corrected chi connectivity index (χ3v) is 5.31. The van der Waals surface area contributed by atoms with E-state index in [-0.39, 0.29) is 5.91 Å². The first kappa shape index (κ1) is 18.9. The van der Waals surface area contributed by atoms with E-state index in [0.29, 0.717) is 17.4 Å². The lowest BCUT2D eigenvalue weighted by atomic mass is 9.97. The van der Waals surface area contributed by atoms with Crippen LogP contribution in [0.25, 0.3) is 0 Å². The third kappa shape index (κ3) is 4.86. The molecule has 1 aromatic heterocycles. The van der Waals surface area contributed by atoms with E-state index in [4.69, 9.17) is 16.0 Å². The van der Waals surface area contributed by atoms with Gasteiger partial charge < -0.3 is 14.2 Å².